The van der Waals surface area contributed by atoms with E-state index < -0.39 is 0 Å². The molecule has 0 spiro atoms. The van der Waals surface area contributed by atoms with Gasteiger partial charge in [-0.05, 0) is 60.7 Å². The fraction of sp³-hybridized carbons (Fsp3) is 0.407. The Balaban J connectivity index is 1.17. The van der Waals surface area contributed by atoms with Gasteiger partial charge in [0.25, 0.3) is 5.91 Å². The number of anilines is 1. The molecule has 0 N–H and O–H groups in total. The summed E-state index contributed by atoms with van der Waals surface area (Å²) < 4.78 is 11.0. The van der Waals surface area contributed by atoms with E-state index in [1.165, 1.54) is 11.3 Å². The summed E-state index contributed by atoms with van der Waals surface area (Å²) in [5.41, 5.74) is 1.77. The zero-order valence-corrected chi connectivity index (χ0v) is 21.7. The van der Waals surface area contributed by atoms with Gasteiger partial charge in [0.05, 0.1) is 23.8 Å². The Morgan fingerprint density at radius 3 is 2.51 bits per heavy atom. The second kappa shape index (κ2) is 11.7. The molecule has 37 heavy (non-hydrogen) atoms. The number of aromatic nitrogens is 2. The molecule has 2 aliphatic heterocycles. The van der Waals surface area contributed by atoms with Crippen LogP contribution in [0.5, 0.6) is 5.75 Å². The number of hydrogen-bond acceptors (Lipinski definition) is 8. The quantitative estimate of drug-likeness (QED) is 0.450. The van der Waals surface area contributed by atoms with Gasteiger partial charge >= 0.3 is 0 Å². The Morgan fingerprint density at radius 1 is 1.08 bits per heavy atom. The van der Waals surface area contributed by atoms with Crippen LogP contribution < -0.4 is 9.64 Å². The lowest BCUT2D eigenvalue weighted by Crippen LogP contribution is -2.52. The van der Waals surface area contributed by atoms with E-state index in [-0.39, 0.29) is 24.5 Å². The summed E-state index contributed by atoms with van der Waals surface area (Å²) in [5, 5.41) is 10.7. The molecule has 2 saturated heterocycles. The van der Waals surface area contributed by atoms with E-state index in [1.54, 1.807) is 18.1 Å². The van der Waals surface area contributed by atoms with E-state index in [2.05, 4.69) is 15.1 Å². The Kier molecular flexibility index (Phi) is 7.96. The molecule has 0 aliphatic carbocycles. The first-order chi connectivity index (χ1) is 18.1. The fourth-order valence-corrected chi connectivity index (χ4v) is 5.36. The van der Waals surface area contributed by atoms with E-state index in [9.17, 15) is 9.59 Å². The van der Waals surface area contributed by atoms with Crippen LogP contribution in [0.25, 0.3) is 11.3 Å². The van der Waals surface area contributed by atoms with E-state index in [0.29, 0.717) is 44.2 Å². The molecule has 10 heteroatoms. The Hall–Kier alpha value is -3.50. The van der Waals surface area contributed by atoms with Crippen molar-refractivity contribution in [3.63, 3.8) is 0 Å². The number of rotatable bonds is 8. The number of amides is 2. The minimum absolute atomic E-state index is 0.00646. The Labute approximate surface area is 220 Å². The summed E-state index contributed by atoms with van der Waals surface area (Å²) in [4.78, 5) is 32.5. The summed E-state index contributed by atoms with van der Waals surface area (Å²) in [6.45, 7) is 3.68. The summed E-state index contributed by atoms with van der Waals surface area (Å²) in [5.74, 6) is 1.44. The molecule has 1 atom stereocenters. The van der Waals surface area contributed by atoms with E-state index >= 15 is 0 Å². The predicted octanol–water partition coefficient (Wildman–Crippen LogP) is 3.18. The van der Waals surface area contributed by atoms with Crippen molar-refractivity contribution in [1.82, 2.24) is 20.0 Å². The van der Waals surface area contributed by atoms with Crippen molar-refractivity contribution in [3.8, 4) is 17.0 Å². The first kappa shape index (κ1) is 25.2. The predicted molar refractivity (Wildman–Crippen MR) is 142 cm³/mol. The molecule has 4 heterocycles. The molecule has 2 aromatic heterocycles. The van der Waals surface area contributed by atoms with Crippen molar-refractivity contribution in [2.24, 2.45) is 0 Å². The van der Waals surface area contributed by atoms with E-state index in [4.69, 9.17) is 9.47 Å². The van der Waals surface area contributed by atoms with Crippen LogP contribution >= 0.6 is 11.3 Å². The van der Waals surface area contributed by atoms with Gasteiger partial charge in [-0.2, -0.15) is 0 Å². The number of benzene rings is 1. The van der Waals surface area contributed by atoms with E-state index in [1.807, 2.05) is 52.7 Å². The smallest absolute Gasteiger partial charge is 0.264 e. The molecular formula is C27H31N5O4S. The fourth-order valence-electron chi connectivity index (χ4n) is 4.67. The Morgan fingerprint density at radius 2 is 1.89 bits per heavy atom. The third-order valence-corrected chi connectivity index (χ3v) is 7.64. The molecule has 0 radical (unpaired) electrons. The standard InChI is InChI=1S/C27H31N5O4S/c1-35-21-8-6-20(7-9-21)23-10-11-25(29-28-23)30-12-14-31(15-13-30)26(33)19-32(18-22-4-2-16-36-22)27(34)24-5-3-17-37-24/h3,5-11,17,22H,2,4,12-16,18-19H2,1H3. The molecule has 1 unspecified atom stereocenters. The lowest BCUT2D eigenvalue weighted by Gasteiger charge is -2.36. The van der Waals surface area contributed by atoms with Crippen LogP contribution in [0.2, 0.25) is 0 Å². The molecule has 2 amide bonds. The normalized spacial score (nSPS) is 17.6. The van der Waals surface area contributed by atoms with Crippen molar-refractivity contribution in [2.75, 3.05) is 57.9 Å². The van der Waals surface area contributed by atoms with E-state index in [0.717, 1.165) is 35.7 Å². The van der Waals surface area contributed by atoms with Crippen molar-refractivity contribution in [2.45, 2.75) is 18.9 Å². The van der Waals surface area contributed by atoms with Gasteiger partial charge in [-0.25, -0.2) is 0 Å². The number of methoxy groups -OCH3 is 1. The van der Waals surface area contributed by atoms with Gasteiger partial charge in [-0.15, -0.1) is 21.5 Å². The molecule has 2 aliphatic rings. The summed E-state index contributed by atoms with van der Waals surface area (Å²) in [7, 11) is 1.64. The van der Waals surface area contributed by atoms with Crippen molar-refractivity contribution in [1.29, 1.82) is 0 Å². The molecule has 194 valence electrons. The average Bonchev–Trinajstić information content (AvgIpc) is 3.68. The third kappa shape index (κ3) is 6.08. The highest BCUT2D eigenvalue weighted by atomic mass is 32.1. The zero-order chi connectivity index (χ0) is 25.6. The SMILES string of the molecule is COc1ccc(-c2ccc(N3CCN(C(=O)CN(CC4CCCO4)C(=O)c4cccs4)CC3)nn2)cc1. The van der Waals surface area contributed by atoms with Gasteiger partial charge in [0.15, 0.2) is 5.82 Å². The Bertz CT molecular complexity index is 1170. The maximum Gasteiger partial charge on any atom is 0.264 e. The first-order valence-corrected chi connectivity index (χ1v) is 13.4. The van der Waals surface area contributed by atoms with Crippen LogP contribution in [0.4, 0.5) is 5.82 Å². The highest BCUT2D eigenvalue weighted by molar-refractivity contribution is 7.12. The lowest BCUT2D eigenvalue weighted by atomic mass is 10.1. The summed E-state index contributed by atoms with van der Waals surface area (Å²) in [6, 6.07) is 15.3. The number of hydrogen-bond donors (Lipinski definition) is 0. The minimum Gasteiger partial charge on any atom is -0.497 e. The maximum absolute atomic E-state index is 13.2. The van der Waals surface area contributed by atoms with Crippen LogP contribution in [0.1, 0.15) is 22.5 Å². The third-order valence-electron chi connectivity index (χ3n) is 6.79. The second-order valence-corrected chi connectivity index (χ2v) is 10.1. The van der Waals surface area contributed by atoms with Crippen molar-refractivity contribution < 1.29 is 19.1 Å². The van der Waals surface area contributed by atoms with Crippen molar-refractivity contribution in [3.05, 3.63) is 58.8 Å². The highest BCUT2D eigenvalue weighted by Crippen LogP contribution is 2.22. The molecule has 3 aromatic rings. The van der Waals surface area contributed by atoms with Crippen molar-refractivity contribution >= 4 is 29.0 Å². The largest absolute Gasteiger partial charge is 0.497 e. The molecule has 5 rings (SSSR count). The molecule has 0 bridgehead atoms. The number of ether oxygens (including phenoxy) is 2. The molecule has 1 aromatic carbocycles. The molecular weight excluding hydrogens is 490 g/mol. The van der Waals surface area contributed by atoms with Gasteiger partial charge in [-0.3, -0.25) is 9.59 Å². The maximum atomic E-state index is 13.2. The first-order valence-electron chi connectivity index (χ1n) is 12.6. The molecule has 9 nitrogen and oxygen atoms in total. The van der Waals surface area contributed by atoms with Gasteiger partial charge in [-0.1, -0.05) is 6.07 Å². The van der Waals surface area contributed by atoms with Crippen LogP contribution in [-0.4, -0.2) is 90.9 Å². The van der Waals surface area contributed by atoms with Crippen LogP contribution in [0.15, 0.2) is 53.9 Å². The monoisotopic (exact) mass is 521 g/mol. The number of piperazine rings is 1. The van der Waals surface area contributed by atoms with Gasteiger partial charge < -0.3 is 24.2 Å². The van der Waals surface area contributed by atoms with Crippen LogP contribution in [0.3, 0.4) is 0 Å². The van der Waals surface area contributed by atoms with Crippen LogP contribution in [-0.2, 0) is 9.53 Å². The number of thiophene rings is 1. The average molecular weight is 522 g/mol. The number of carbonyl (C=O) groups excluding carboxylic acids is 2. The zero-order valence-electron chi connectivity index (χ0n) is 20.9. The second-order valence-electron chi connectivity index (χ2n) is 9.17. The summed E-state index contributed by atoms with van der Waals surface area (Å²) in [6.07, 6.45) is 1.90. The number of carbonyl (C=O) groups is 2. The molecule has 0 saturated carbocycles. The van der Waals surface area contributed by atoms with Gasteiger partial charge in [0, 0.05) is 44.9 Å². The molecule has 2 fully saturated rings. The highest BCUT2D eigenvalue weighted by Gasteiger charge is 2.29. The van der Waals surface area contributed by atoms with Crippen LogP contribution in [0, 0.1) is 0 Å². The topological polar surface area (TPSA) is 88.1 Å². The summed E-state index contributed by atoms with van der Waals surface area (Å²) >= 11 is 1.40. The van der Waals surface area contributed by atoms with Gasteiger partial charge in [0.1, 0.15) is 12.3 Å². The number of nitrogens with zero attached hydrogens (tertiary/aromatic N) is 5. The van der Waals surface area contributed by atoms with Gasteiger partial charge in [0.2, 0.25) is 5.91 Å². The minimum atomic E-state index is -0.107. The lowest BCUT2D eigenvalue weighted by molar-refractivity contribution is -0.132.